The summed E-state index contributed by atoms with van der Waals surface area (Å²) in [6.07, 6.45) is -1.73. The molecule has 3 aromatic rings. The predicted molar refractivity (Wildman–Crippen MR) is 97.9 cm³/mol. The molecule has 0 amide bonds. The highest BCUT2D eigenvalue weighted by Gasteiger charge is 2.30. The molecule has 0 aliphatic rings. The maximum atomic E-state index is 12.5. The lowest BCUT2D eigenvalue weighted by molar-refractivity contribution is -0.137. The zero-order valence-corrected chi connectivity index (χ0v) is 15.0. The van der Waals surface area contributed by atoms with Crippen molar-refractivity contribution in [2.24, 2.45) is 0 Å². The van der Waals surface area contributed by atoms with Gasteiger partial charge in [0.2, 0.25) is 0 Å². The fourth-order valence-electron chi connectivity index (χ4n) is 1.95. The first-order valence-electron chi connectivity index (χ1n) is 7.54. The Morgan fingerprint density at radius 3 is 2.35 bits per heavy atom. The molecule has 138 valence electrons. The summed E-state index contributed by atoms with van der Waals surface area (Å²) in [5.74, 6) is 0.366. The number of nitrogens with zero attached hydrogens (tertiary/aromatic N) is 1. The van der Waals surface area contributed by atoms with Crippen LogP contribution in [-0.2, 0) is 10.9 Å². The molecule has 0 bridgehead atoms. The van der Waals surface area contributed by atoms with Crippen LogP contribution in [0.2, 0.25) is 0 Å². The number of aromatic amines is 1. The van der Waals surface area contributed by atoms with Gasteiger partial charge in [0, 0.05) is 37.2 Å². The van der Waals surface area contributed by atoms with Crippen LogP contribution in [0.25, 0.3) is 11.3 Å². The summed E-state index contributed by atoms with van der Waals surface area (Å²) >= 11 is 1.28. The zero-order chi connectivity index (χ0) is 19.0. The first kappa shape index (κ1) is 19.9. The van der Waals surface area contributed by atoms with Crippen LogP contribution >= 0.6 is 11.9 Å². The van der Waals surface area contributed by atoms with Crippen LogP contribution in [-0.4, -0.2) is 24.2 Å². The van der Waals surface area contributed by atoms with Crippen molar-refractivity contribution in [2.45, 2.75) is 11.1 Å². The lowest BCUT2D eigenvalue weighted by Gasteiger charge is -2.07. The van der Waals surface area contributed by atoms with Gasteiger partial charge in [-0.2, -0.15) is 13.2 Å². The Labute approximate surface area is 153 Å². The number of aromatic nitrogens is 2. The van der Waals surface area contributed by atoms with Crippen molar-refractivity contribution >= 4 is 17.8 Å². The molecule has 26 heavy (non-hydrogen) atoms. The van der Waals surface area contributed by atoms with Gasteiger partial charge >= 0.3 is 6.18 Å². The average molecular weight is 381 g/mol. The van der Waals surface area contributed by atoms with Crippen LogP contribution in [0, 0.1) is 0 Å². The molecule has 4 nitrogen and oxygen atoms in total. The Bertz CT molecular complexity index is 789. The van der Waals surface area contributed by atoms with Gasteiger partial charge in [0.15, 0.2) is 0 Å². The normalized spacial score (nSPS) is 10.8. The Morgan fingerprint density at radius 2 is 1.77 bits per heavy atom. The fraction of sp³-hybridized carbons (Fsp3) is 0.167. The van der Waals surface area contributed by atoms with E-state index in [1.165, 1.54) is 18.0 Å². The van der Waals surface area contributed by atoms with Crippen molar-refractivity contribution in [3.63, 3.8) is 0 Å². The molecular weight excluding hydrogens is 363 g/mol. The third kappa shape index (κ3) is 5.82. The highest BCUT2D eigenvalue weighted by Crippen LogP contribution is 2.30. The molecule has 0 atom stereocenters. The maximum absolute atomic E-state index is 12.5. The van der Waals surface area contributed by atoms with Crippen molar-refractivity contribution in [1.82, 2.24) is 9.97 Å². The third-order valence-corrected chi connectivity index (χ3v) is 3.89. The molecule has 0 radical (unpaired) electrons. The molecule has 2 heterocycles. The van der Waals surface area contributed by atoms with Gasteiger partial charge in [0.1, 0.15) is 5.82 Å². The SMILES string of the molecule is COC.FC(F)(F)c1ccc(NSc2c[nH]c(-c3ccccc3)c2)nc1. The summed E-state index contributed by atoms with van der Waals surface area (Å²) in [6.45, 7) is 0. The van der Waals surface area contributed by atoms with E-state index in [0.717, 1.165) is 28.4 Å². The van der Waals surface area contributed by atoms with Crippen molar-refractivity contribution in [1.29, 1.82) is 0 Å². The number of benzene rings is 1. The Kier molecular flexibility index (Phi) is 7.11. The lowest BCUT2D eigenvalue weighted by Crippen LogP contribution is -2.05. The van der Waals surface area contributed by atoms with Crippen LogP contribution in [0.4, 0.5) is 19.0 Å². The summed E-state index contributed by atoms with van der Waals surface area (Å²) in [5, 5.41) is 0. The standard InChI is InChI=1S/C16H12F3N3S.C2H6O/c17-16(18,19)12-6-7-15(21-9-12)22-23-13-8-14(20-10-13)11-4-2-1-3-5-11;1-3-2/h1-10,20H,(H,21,22);1-2H3. The van der Waals surface area contributed by atoms with E-state index in [-0.39, 0.29) is 0 Å². The van der Waals surface area contributed by atoms with Crippen LogP contribution in [0.3, 0.4) is 0 Å². The van der Waals surface area contributed by atoms with Crippen LogP contribution in [0.15, 0.2) is 65.8 Å². The topological polar surface area (TPSA) is 49.9 Å². The van der Waals surface area contributed by atoms with Crippen molar-refractivity contribution < 1.29 is 17.9 Å². The smallest absolute Gasteiger partial charge is 0.388 e. The van der Waals surface area contributed by atoms with Gasteiger partial charge in [0.05, 0.1) is 5.56 Å². The van der Waals surface area contributed by atoms with Gasteiger partial charge in [-0.3, -0.25) is 0 Å². The molecule has 2 N–H and O–H groups in total. The number of hydrogen-bond donors (Lipinski definition) is 2. The Morgan fingerprint density at radius 1 is 1.08 bits per heavy atom. The summed E-state index contributed by atoms with van der Waals surface area (Å²) < 4.78 is 44.6. The molecule has 0 unspecified atom stereocenters. The summed E-state index contributed by atoms with van der Waals surface area (Å²) in [5.41, 5.74) is 1.27. The van der Waals surface area contributed by atoms with Gasteiger partial charge in [-0.05, 0) is 35.7 Å². The number of rotatable bonds is 4. The zero-order valence-electron chi connectivity index (χ0n) is 14.2. The first-order valence-corrected chi connectivity index (χ1v) is 8.35. The molecule has 8 heteroatoms. The maximum Gasteiger partial charge on any atom is 0.417 e. The van der Waals surface area contributed by atoms with E-state index < -0.39 is 11.7 Å². The van der Waals surface area contributed by atoms with Crippen molar-refractivity contribution in [2.75, 3.05) is 18.9 Å². The molecule has 0 spiro atoms. The molecule has 2 aromatic heterocycles. The van der Waals surface area contributed by atoms with E-state index in [1.54, 1.807) is 14.2 Å². The molecule has 0 saturated heterocycles. The fourth-order valence-corrected chi connectivity index (χ4v) is 2.59. The Balaban J connectivity index is 0.000000758. The number of hydrogen-bond acceptors (Lipinski definition) is 4. The highest BCUT2D eigenvalue weighted by atomic mass is 32.2. The molecular formula is C18H18F3N3OS. The summed E-state index contributed by atoms with van der Waals surface area (Å²) in [7, 11) is 3.25. The second-order valence-corrected chi connectivity index (χ2v) is 6.04. The van der Waals surface area contributed by atoms with Crippen molar-refractivity contribution in [3.05, 3.63) is 66.5 Å². The molecule has 0 aliphatic heterocycles. The van der Waals surface area contributed by atoms with E-state index in [1.807, 2.05) is 42.6 Å². The van der Waals surface area contributed by atoms with Gasteiger partial charge < -0.3 is 14.4 Å². The second kappa shape index (κ2) is 9.30. The monoisotopic (exact) mass is 381 g/mol. The quantitative estimate of drug-likeness (QED) is 0.588. The van der Waals surface area contributed by atoms with Crippen LogP contribution in [0.1, 0.15) is 5.56 Å². The number of anilines is 1. The lowest BCUT2D eigenvalue weighted by atomic mass is 10.2. The number of pyridine rings is 1. The second-order valence-electron chi connectivity index (χ2n) is 5.16. The Hall–Kier alpha value is -2.45. The van der Waals surface area contributed by atoms with Crippen LogP contribution in [0.5, 0.6) is 0 Å². The largest absolute Gasteiger partial charge is 0.417 e. The van der Waals surface area contributed by atoms with E-state index in [0.29, 0.717) is 5.82 Å². The molecule has 1 aromatic carbocycles. The molecule has 0 saturated carbocycles. The third-order valence-electron chi connectivity index (χ3n) is 3.11. The number of ether oxygens (including phenoxy) is 1. The average Bonchev–Trinajstić information content (AvgIpc) is 3.10. The molecule has 3 rings (SSSR count). The number of halogens is 3. The predicted octanol–water partition coefficient (Wildman–Crippen LogP) is 5.48. The summed E-state index contributed by atoms with van der Waals surface area (Å²) in [6, 6.07) is 14.1. The number of nitrogens with one attached hydrogen (secondary N) is 2. The van der Waals surface area contributed by atoms with E-state index in [4.69, 9.17) is 0 Å². The van der Waals surface area contributed by atoms with Crippen molar-refractivity contribution in [3.8, 4) is 11.3 Å². The van der Waals surface area contributed by atoms with Gasteiger partial charge in [-0.1, -0.05) is 30.3 Å². The van der Waals surface area contributed by atoms with E-state index in [9.17, 15) is 13.2 Å². The number of alkyl halides is 3. The number of methoxy groups -OCH3 is 1. The van der Waals surface area contributed by atoms with E-state index >= 15 is 0 Å². The van der Waals surface area contributed by atoms with Gasteiger partial charge in [0.25, 0.3) is 0 Å². The molecule has 0 fully saturated rings. The minimum Gasteiger partial charge on any atom is -0.388 e. The molecule has 0 aliphatic carbocycles. The van der Waals surface area contributed by atoms with Gasteiger partial charge in [-0.15, -0.1) is 0 Å². The first-order chi connectivity index (χ1) is 12.4. The number of H-pyrrole nitrogens is 1. The summed E-state index contributed by atoms with van der Waals surface area (Å²) in [4.78, 5) is 7.83. The van der Waals surface area contributed by atoms with E-state index in [2.05, 4.69) is 19.4 Å². The minimum absolute atomic E-state index is 0.366. The van der Waals surface area contributed by atoms with Gasteiger partial charge in [-0.25, -0.2) is 4.98 Å². The highest BCUT2D eigenvalue weighted by molar-refractivity contribution is 8.00. The van der Waals surface area contributed by atoms with Crippen LogP contribution < -0.4 is 4.72 Å². The minimum atomic E-state index is -4.37.